The van der Waals surface area contributed by atoms with Crippen LogP contribution in [0.3, 0.4) is 0 Å². The minimum absolute atomic E-state index is 0.0167. The molecule has 0 spiro atoms. The van der Waals surface area contributed by atoms with Crippen molar-refractivity contribution >= 4 is 51.1 Å². The highest BCUT2D eigenvalue weighted by Gasteiger charge is 2.30. The van der Waals surface area contributed by atoms with Gasteiger partial charge >= 0.3 is 0 Å². The fourth-order valence-corrected chi connectivity index (χ4v) is 5.34. The maximum Gasteiger partial charge on any atom is 0.243 e. The number of carbonyl (C=O) groups is 2. The Morgan fingerprint density at radius 1 is 1.00 bits per heavy atom. The van der Waals surface area contributed by atoms with E-state index >= 15 is 0 Å². The Labute approximate surface area is 238 Å². The molecule has 0 aliphatic heterocycles. The quantitative estimate of drug-likeness (QED) is 0.163. The van der Waals surface area contributed by atoms with Crippen LogP contribution in [0.15, 0.2) is 88.2 Å². The molecule has 4 nitrogen and oxygen atoms in total. The largest absolute Gasteiger partial charge is 0.352 e. The van der Waals surface area contributed by atoms with E-state index in [9.17, 15) is 9.59 Å². The minimum Gasteiger partial charge on any atom is -0.352 e. The molecule has 0 aliphatic carbocycles. The highest BCUT2D eigenvalue weighted by Crippen LogP contribution is 2.23. The van der Waals surface area contributed by atoms with E-state index in [1.807, 2.05) is 92.7 Å². The lowest BCUT2D eigenvalue weighted by Crippen LogP contribution is -2.52. The summed E-state index contributed by atoms with van der Waals surface area (Å²) in [6.45, 7) is 4.40. The molecule has 7 heteroatoms. The van der Waals surface area contributed by atoms with Crippen LogP contribution in [0.2, 0.25) is 5.02 Å². The number of hydrogen-bond donors (Lipinski definition) is 1. The van der Waals surface area contributed by atoms with E-state index in [0.29, 0.717) is 30.8 Å². The first kappa shape index (κ1) is 29.3. The molecule has 3 rings (SSSR count). The van der Waals surface area contributed by atoms with Gasteiger partial charge in [-0.15, -0.1) is 11.8 Å². The Morgan fingerprint density at radius 2 is 1.70 bits per heavy atom. The van der Waals surface area contributed by atoms with E-state index in [0.717, 1.165) is 32.7 Å². The zero-order valence-corrected chi connectivity index (χ0v) is 24.5. The van der Waals surface area contributed by atoms with Gasteiger partial charge in [0.1, 0.15) is 6.04 Å². The second-order valence-corrected chi connectivity index (χ2v) is 11.6. The summed E-state index contributed by atoms with van der Waals surface area (Å²) >= 11 is 11.2. The lowest BCUT2D eigenvalue weighted by Gasteiger charge is -2.32. The first-order valence-corrected chi connectivity index (χ1v) is 14.8. The Kier molecular flexibility index (Phi) is 12.0. The second kappa shape index (κ2) is 15.2. The van der Waals surface area contributed by atoms with Crippen LogP contribution in [0.4, 0.5) is 0 Å². The van der Waals surface area contributed by atoms with E-state index < -0.39 is 6.04 Å². The molecule has 0 radical (unpaired) electrons. The number of thioether (sulfide) groups is 1. The van der Waals surface area contributed by atoms with Gasteiger partial charge < -0.3 is 10.2 Å². The lowest BCUT2D eigenvalue weighted by atomic mass is 10.0. The maximum absolute atomic E-state index is 13.7. The fraction of sp³-hybridized carbons (Fsp3) is 0.333. The minimum atomic E-state index is -0.605. The van der Waals surface area contributed by atoms with E-state index in [4.69, 9.17) is 11.6 Å². The highest BCUT2D eigenvalue weighted by atomic mass is 79.9. The van der Waals surface area contributed by atoms with Crippen molar-refractivity contribution in [1.29, 1.82) is 0 Å². The van der Waals surface area contributed by atoms with Crippen molar-refractivity contribution in [2.24, 2.45) is 0 Å². The van der Waals surface area contributed by atoms with Crippen molar-refractivity contribution in [3.8, 4) is 0 Å². The van der Waals surface area contributed by atoms with Crippen molar-refractivity contribution in [1.82, 2.24) is 10.2 Å². The van der Waals surface area contributed by atoms with Gasteiger partial charge in [0, 0.05) is 39.8 Å². The fourth-order valence-electron chi connectivity index (χ4n) is 3.91. The summed E-state index contributed by atoms with van der Waals surface area (Å²) in [6, 6.07) is 25.0. The molecule has 0 fully saturated rings. The average Bonchev–Trinajstić information content (AvgIpc) is 2.90. The number of carbonyl (C=O) groups excluding carboxylic acids is 2. The van der Waals surface area contributed by atoms with Crippen LogP contribution in [0, 0.1) is 0 Å². The van der Waals surface area contributed by atoms with E-state index in [1.54, 1.807) is 16.7 Å². The summed E-state index contributed by atoms with van der Waals surface area (Å²) in [7, 11) is 0. The summed E-state index contributed by atoms with van der Waals surface area (Å²) in [5.74, 6) is 0.676. The van der Waals surface area contributed by atoms with Gasteiger partial charge in [0.2, 0.25) is 11.8 Å². The van der Waals surface area contributed by atoms with Gasteiger partial charge in [0.15, 0.2) is 0 Å². The van der Waals surface area contributed by atoms with Gasteiger partial charge in [0.05, 0.1) is 0 Å². The van der Waals surface area contributed by atoms with Crippen LogP contribution >= 0.6 is 39.3 Å². The number of hydrogen-bond acceptors (Lipinski definition) is 3. The van der Waals surface area contributed by atoms with E-state index in [-0.39, 0.29) is 17.9 Å². The SMILES string of the molecule is CC[C@@H](C)NC(=O)[C@@H](Cc1ccccc1)N(Cc1cccc(Br)c1)C(=O)CCCSc1ccc(Cl)cc1. The predicted molar refractivity (Wildman–Crippen MR) is 158 cm³/mol. The molecular weight excluding hydrogens is 568 g/mol. The molecule has 2 amide bonds. The molecule has 0 heterocycles. The van der Waals surface area contributed by atoms with Crippen LogP contribution in [-0.2, 0) is 22.6 Å². The van der Waals surface area contributed by atoms with Gasteiger partial charge in [-0.3, -0.25) is 9.59 Å². The van der Waals surface area contributed by atoms with Gasteiger partial charge in [-0.25, -0.2) is 0 Å². The molecule has 0 bridgehead atoms. The van der Waals surface area contributed by atoms with E-state index in [1.165, 1.54) is 0 Å². The van der Waals surface area contributed by atoms with Crippen LogP contribution in [0.1, 0.15) is 44.2 Å². The number of halogens is 2. The third-order valence-electron chi connectivity index (χ3n) is 6.13. The molecule has 3 aromatic rings. The van der Waals surface area contributed by atoms with Crippen molar-refractivity contribution < 1.29 is 9.59 Å². The molecule has 37 heavy (non-hydrogen) atoms. The predicted octanol–water partition coefficient (Wildman–Crippen LogP) is 7.53. The molecule has 0 saturated heterocycles. The smallest absolute Gasteiger partial charge is 0.243 e. The first-order valence-electron chi connectivity index (χ1n) is 12.6. The second-order valence-electron chi connectivity index (χ2n) is 9.08. The van der Waals surface area contributed by atoms with Crippen molar-refractivity contribution in [2.75, 3.05) is 5.75 Å². The van der Waals surface area contributed by atoms with Gasteiger partial charge in [-0.2, -0.15) is 0 Å². The lowest BCUT2D eigenvalue weighted by molar-refractivity contribution is -0.141. The van der Waals surface area contributed by atoms with Crippen LogP contribution in [0.25, 0.3) is 0 Å². The zero-order chi connectivity index (χ0) is 26.6. The third kappa shape index (κ3) is 9.84. The summed E-state index contributed by atoms with van der Waals surface area (Å²) in [5, 5.41) is 3.83. The topological polar surface area (TPSA) is 49.4 Å². The molecule has 3 aromatic carbocycles. The average molecular weight is 602 g/mol. The zero-order valence-electron chi connectivity index (χ0n) is 21.3. The van der Waals surface area contributed by atoms with Gasteiger partial charge in [-0.05, 0) is 73.0 Å². The van der Waals surface area contributed by atoms with Crippen molar-refractivity contribution in [2.45, 2.75) is 63.1 Å². The molecule has 1 N–H and O–H groups in total. The Hall–Kier alpha value is -2.28. The molecular formula is C30H34BrClN2O2S. The van der Waals surface area contributed by atoms with Gasteiger partial charge in [-0.1, -0.05) is 76.9 Å². The summed E-state index contributed by atoms with van der Waals surface area (Å²) < 4.78 is 0.945. The van der Waals surface area contributed by atoms with Gasteiger partial charge in [0.25, 0.3) is 0 Å². The highest BCUT2D eigenvalue weighted by molar-refractivity contribution is 9.10. The maximum atomic E-state index is 13.7. The van der Waals surface area contributed by atoms with Crippen LogP contribution < -0.4 is 5.32 Å². The summed E-state index contributed by atoms with van der Waals surface area (Å²) in [6.07, 6.45) is 2.37. The number of benzene rings is 3. The standard InChI is InChI=1S/C30H34BrClN2O2S/c1-3-22(2)33-30(36)28(20-23-9-5-4-6-10-23)34(21-24-11-7-12-25(31)19-24)29(35)13-8-18-37-27-16-14-26(32)15-17-27/h4-7,9-12,14-17,19,22,28H,3,8,13,18,20-21H2,1-2H3,(H,33,36)/t22-,28-/m1/s1. The normalized spacial score (nSPS) is 12.5. The van der Waals surface area contributed by atoms with Crippen LogP contribution in [-0.4, -0.2) is 34.6 Å². The summed E-state index contributed by atoms with van der Waals surface area (Å²) in [4.78, 5) is 30.1. The molecule has 0 aromatic heterocycles. The molecule has 2 atom stereocenters. The van der Waals surface area contributed by atoms with Crippen molar-refractivity contribution in [3.63, 3.8) is 0 Å². The first-order chi connectivity index (χ1) is 17.9. The number of rotatable bonds is 13. The monoisotopic (exact) mass is 600 g/mol. The molecule has 0 unspecified atom stereocenters. The Morgan fingerprint density at radius 3 is 2.38 bits per heavy atom. The number of nitrogens with zero attached hydrogens (tertiary/aromatic N) is 1. The Balaban J connectivity index is 1.79. The number of nitrogens with one attached hydrogen (secondary N) is 1. The van der Waals surface area contributed by atoms with Crippen LogP contribution in [0.5, 0.6) is 0 Å². The summed E-state index contributed by atoms with van der Waals surface area (Å²) in [5.41, 5.74) is 2.00. The molecule has 0 saturated carbocycles. The molecule has 196 valence electrons. The molecule has 0 aliphatic rings. The number of amides is 2. The van der Waals surface area contributed by atoms with Crippen molar-refractivity contribution in [3.05, 3.63) is 99.5 Å². The Bertz CT molecular complexity index is 1140. The third-order valence-corrected chi connectivity index (χ3v) is 7.97. The van der Waals surface area contributed by atoms with E-state index in [2.05, 4.69) is 21.2 Å².